The third-order valence-electron chi connectivity index (χ3n) is 5.89. The molecule has 0 spiro atoms. The highest BCUT2D eigenvalue weighted by molar-refractivity contribution is 6.01. The van der Waals surface area contributed by atoms with Gasteiger partial charge in [0, 0.05) is 12.1 Å². The van der Waals surface area contributed by atoms with Crippen molar-refractivity contribution in [3.63, 3.8) is 0 Å². The molecule has 0 bridgehead atoms. The van der Waals surface area contributed by atoms with Crippen LogP contribution in [0.1, 0.15) is 45.2 Å². The monoisotopic (exact) mass is 455 g/mol. The van der Waals surface area contributed by atoms with E-state index in [1.165, 1.54) is 18.3 Å². The number of aryl methyl sites for hydroxylation is 3. The quantitative estimate of drug-likeness (QED) is 0.396. The molecule has 1 aliphatic rings. The minimum atomic E-state index is -4.57. The molecule has 4 aromatic rings. The van der Waals surface area contributed by atoms with Crippen LogP contribution in [0.15, 0.2) is 36.7 Å². The summed E-state index contributed by atoms with van der Waals surface area (Å²) in [4.78, 5) is 25.0. The summed E-state index contributed by atoms with van der Waals surface area (Å²) in [6, 6.07) is 4.95. The van der Waals surface area contributed by atoms with E-state index in [-0.39, 0.29) is 22.6 Å². The van der Waals surface area contributed by atoms with Crippen molar-refractivity contribution < 1.29 is 22.4 Å². The van der Waals surface area contributed by atoms with Crippen molar-refractivity contribution in [3.8, 4) is 11.4 Å². The average Bonchev–Trinajstić information content (AvgIpc) is 3.16. The summed E-state index contributed by atoms with van der Waals surface area (Å²) in [5, 5.41) is 4.19. The van der Waals surface area contributed by atoms with E-state index in [0.29, 0.717) is 35.3 Å². The second-order valence-electron chi connectivity index (χ2n) is 8.09. The molecule has 0 amide bonds. The van der Waals surface area contributed by atoms with Crippen molar-refractivity contribution in [1.82, 2.24) is 24.7 Å². The Kier molecular flexibility index (Phi) is 4.77. The highest BCUT2D eigenvalue weighted by Crippen LogP contribution is 2.35. The standard InChI is InChI=1S/C23H17F4N5O/c1-11-7-15(13-5-6-32-20(21(13)33)12(2)9-29-32)16(24)8-14(11)22-28-10-18-17(31-22)3-4-19(30-18)23(25,26)27/h3-4,7-10,13H,5-6H2,1-2H3. The number of rotatable bonds is 2. The maximum absolute atomic E-state index is 15.2. The van der Waals surface area contributed by atoms with Crippen LogP contribution >= 0.6 is 0 Å². The second kappa shape index (κ2) is 7.43. The Bertz CT molecular complexity index is 1430. The predicted octanol–water partition coefficient (Wildman–Crippen LogP) is 5.03. The van der Waals surface area contributed by atoms with E-state index in [2.05, 4.69) is 20.1 Å². The number of halogens is 4. The number of hydrogen-bond acceptors (Lipinski definition) is 5. The van der Waals surface area contributed by atoms with Gasteiger partial charge in [0.25, 0.3) is 0 Å². The van der Waals surface area contributed by atoms with Crippen LogP contribution in [0.4, 0.5) is 17.6 Å². The fourth-order valence-electron chi connectivity index (χ4n) is 4.24. The van der Waals surface area contributed by atoms with Gasteiger partial charge in [0.1, 0.15) is 22.7 Å². The highest BCUT2D eigenvalue weighted by atomic mass is 19.4. The topological polar surface area (TPSA) is 73.6 Å². The van der Waals surface area contributed by atoms with Gasteiger partial charge in [-0.05, 0) is 55.2 Å². The summed E-state index contributed by atoms with van der Waals surface area (Å²) in [7, 11) is 0. The van der Waals surface area contributed by atoms with Crippen LogP contribution in [0.25, 0.3) is 22.4 Å². The molecular weight excluding hydrogens is 438 g/mol. The third-order valence-corrected chi connectivity index (χ3v) is 5.89. The minimum Gasteiger partial charge on any atom is -0.292 e. The number of hydrogen-bond donors (Lipinski definition) is 0. The van der Waals surface area contributed by atoms with Crippen molar-refractivity contribution in [2.75, 3.05) is 0 Å². The van der Waals surface area contributed by atoms with E-state index in [1.807, 2.05) is 0 Å². The van der Waals surface area contributed by atoms with E-state index >= 15 is 4.39 Å². The van der Waals surface area contributed by atoms with E-state index in [4.69, 9.17) is 0 Å². The first kappa shape index (κ1) is 21.2. The number of carbonyl (C=O) groups is 1. The number of benzene rings is 1. The second-order valence-corrected chi connectivity index (χ2v) is 8.09. The van der Waals surface area contributed by atoms with Gasteiger partial charge in [0.05, 0.1) is 23.8 Å². The molecule has 0 N–H and O–H groups in total. The number of aromatic nitrogens is 5. The van der Waals surface area contributed by atoms with E-state index in [9.17, 15) is 18.0 Å². The zero-order valence-corrected chi connectivity index (χ0v) is 17.6. The molecule has 0 radical (unpaired) electrons. The largest absolute Gasteiger partial charge is 0.433 e. The van der Waals surface area contributed by atoms with E-state index in [1.54, 1.807) is 30.8 Å². The van der Waals surface area contributed by atoms with Gasteiger partial charge in [-0.15, -0.1) is 0 Å². The number of ketones is 1. The Morgan fingerprint density at radius 3 is 2.58 bits per heavy atom. The Balaban J connectivity index is 1.52. The summed E-state index contributed by atoms with van der Waals surface area (Å²) in [5.41, 5.74) is 1.75. The molecule has 1 aromatic carbocycles. The zero-order valence-electron chi connectivity index (χ0n) is 17.6. The number of Topliss-reactive ketones (excluding diaryl/α,β-unsaturated/α-hetero) is 1. The van der Waals surface area contributed by atoms with Crippen LogP contribution in [0.5, 0.6) is 0 Å². The van der Waals surface area contributed by atoms with Crippen molar-refractivity contribution in [3.05, 3.63) is 70.6 Å². The maximum atomic E-state index is 15.2. The van der Waals surface area contributed by atoms with Crippen LogP contribution in [0, 0.1) is 19.7 Å². The van der Waals surface area contributed by atoms with Crippen LogP contribution < -0.4 is 0 Å². The van der Waals surface area contributed by atoms with Gasteiger partial charge in [-0.1, -0.05) is 6.07 Å². The maximum Gasteiger partial charge on any atom is 0.433 e. The van der Waals surface area contributed by atoms with Crippen molar-refractivity contribution in [2.24, 2.45) is 0 Å². The minimum absolute atomic E-state index is 0.0110. The number of fused-ring (bicyclic) bond motifs is 2. The molecular formula is C23H17F4N5O. The van der Waals surface area contributed by atoms with Crippen LogP contribution in [0.2, 0.25) is 0 Å². The number of carbonyl (C=O) groups excluding carboxylic acids is 1. The van der Waals surface area contributed by atoms with E-state index < -0.39 is 23.6 Å². The molecule has 1 atom stereocenters. The molecule has 6 nitrogen and oxygen atoms in total. The lowest BCUT2D eigenvalue weighted by molar-refractivity contribution is -0.140. The number of pyridine rings is 1. The van der Waals surface area contributed by atoms with Gasteiger partial charge < -0.3 is 0 Å². The first-order chi connectivity index (χ1) is 15.6. The number of alkyl halides is 3. The average molecular weight is 455 g/mol. The molecule has 0 aliphatic carbocycles. The lowest BCUT2D eigenvalue weighted by Crippen LogP contribution is -2.26. The molecule has 0 fully saturated rings. The summed E-state index contributed by atoms with van der Waals surface area (Å²) >= 11 is 0. The van der Waals surface area contributed by atoms with Crippen molar-refractivity contribution in [1.29, 1.82) is 0 Å². The lowest BCUT2D eigenvalue weighted by Gasteiger charge is -2.24. The molecule has 1 aliphatic heterocycles. The van der Waals surface area contributed by atoms with Crippen LogP contribution in [-0.4, -0.2) is 30.5 Å². The lowest BCUT2D eigenvalue weighted by atomic mass is 9.85. The summed E-state index contributed by atoms with van der Waals surface area (Å²) in [6.07, 6.45) is -1.33. The SMILES string of the molecule is Cc1cc(C2CCn3ncc(C)c3C2=O)c(F)cc1-c1ncc2nc(C(F)(F)F)ccc2n1. The predicted molar refractivity (Wildman–Crippen MR) is 111 cm³/mol. The molecule has 33 heavy (non-hydrogen) atoms. The van der Waals surface area contributed by atoms with Crippen molar-refractivity contribution in [2.45, 2.75) is 38.9 Å². The molecule has 4 heterocycles. The smallest absolute Gasteiger partial charge is 0.292 e. The van der Waals surface area contributed by atoms with Crippen LogP contribution in [-0.2, 0) is 12.7 Å². The van der Waals surface area contributed by atoms with Crippen LogP contribution in [0.3, 0.4) is 0 Å². The zero-order chi connectivity index (χ0) is 23.5. The normalized spacial score (nSPS) is 16.3. The van der Waals surface area contributed by atoms with E-state index in [0.717, 1.165) is 11.6 Å². The van der Waals surface area contributed by atoms with Gasteiger partial charge in [-0.25, -0.2) is 19.3 Å². The summed E-state index contributed by atoms with van der Waals surface area (Å²) < 4.78 is 55.5. The summed E-state index contributed by atoms with van der Waals surface area (Å²) in [6.45, 7) is 4.06. The molecule has 5 rings (SSSR count). The molecule has 168 valence electrons. The molecule has 10 heteroatoms. The number of nitrogens with zero attached hydrogens (tertiary/aromatic N) is 5. The van der Waals surface area contributed by atoms with Gasteiger partial charge in [-0.2, -0.15) is 18.3 Å². The summed E-state index contributed by atoms with van der Waals surface area (Å²) in [5.74, 6) is -1.19. The highest BCUT2D eigenvalue weighted by Gasteiger charge is 2.34. The molecule has 3 aromatic heterocycles. The fraction of sp³-hybridized carbons (Fsp3) is 0.261. The third kappa shape index (κ3) is 3.55. The first-order valence-electron chi connectivity index (χ1n) is 10.2. The van der Waals surface area contributed by atoms with Gasteiger partial charge in [0.15, 0.2) is 11.6 Å². The van der Waals surface area contributed by atoms with Gasteiger partial charge in [0.2, 0.25) is 0 Å². The van der Waals surface area contributed by atoms with Crippen molar-refractivity contribution >= 4 is 16.8 Å². The molecule has 0 saturated heterocycles. The Labute approximate surface area is 185 Å². The fourth-order valence-corrected chi connectivity index (χ4v) is 4.24. The molecule has 0 saturated carbocycles. The van der Waals surface area contributed by atoms with Gasteiger partial charge >= 0.3 is 6.18 Å². The Hall–Kier alpha value is -3.69. The Morgan fingerprint density at radius 1 is 1.03 bits per heavy atom. The van der Waals surface area contributed by atoms with Gasteiger partial charge in [-0.3, -0.25) is 9.48 Å². The Morgan fingerprint density at radius 2 is 1.82 bits per heavy atom. The molecule has 1 unspecified atom stereocenters. The first-order valence-corrected chi connectivity index (χ1v) is 10.2.